The molecular formula is C22H21F3N2O2. The van der Waals surface area contributed by atoms with Gasteiger partial charge in [0.1, 0.15) is 5.92 Å². The summed E-state index contributed by atoms with van der Waals surface area (Å²) in [5, 5.41) is 2.86. The Labute approximate surface area is 166 Å². The zero-order valence-electron chi connectivity index (χ0n) is 15.9. The number of alkyl halides is 3. The van der Waals surface area contributed by atoms with Crippen LogP contribution in [0.4, 0.5) is 18.9 Å². The van der Waals surface area contributed by atoms with Crippen LogP contribution in [0.25, 0.3) is 0 Å². The normalized spacial score (nSPS) is 22.1. The SMILES string of the molecule is CN1C[C@H](c2cccc(C(F)(F)F)c2)[C@@H](C(=O)Nc2ccccc2C2CC2)C1=O. The average molecular weight is 402 g/mol. The number of nitrogens with zero attached hydrogens (tertiary/aromatic N) is 1. The molecule has 0 aromatic heterocycles. The van der Waals surface area contributed by atoms with Gasteiger partial charge in [-0.05, 0) is 42.0 Å². The summed E-state index contributed by atoms with van der Waals surface area (Å²) in [7, 11) is 1.56. The summed E-state index contributed by atoms with van der Waals surface area (Å²) in [5.74, 6) is -2.14. The van der Waals surface area contributed by atoms with E-state index >= 15 is 0 Å². The zero-order chi connectivity index (χ0) is 20.8. The van der Waals surface area contributed by atoms with Gasteiger partial charge in [-0.3, -0.25) is 9.59 Å². The van der Waals surface area contributed by atoms with Crippen molar-refractivity contribution in [3.05, 3.63) is 65.2 Å². The highest BCUT2D eigenvalue weighted by molar-refractivity contribution is 6.08. The third-order valence-corrected chi connectivity index (χ3v) is 5.68. The highest BCUT2D eigenvalue weighted by Crippen LogP contribution is 2.44. The van der Waals surface area contributed by atoms with Crippen molar-refractivity contribution in [3.63, 3.8) is 0 Å². The molecule has 2 aromatic carbocycles. The number of likely N-dealkylation sites (tertiary alicyclic amines) is 1. The van der Waals surface area contributed by atoms with Crippen LogP contribution in [0.3, 0.4) is 0 Å². The lowest BCUT2D eigenvalue weighted by Crippen LogP contribution is -2.33. The summed E-state index contributed by atoms with van der Waals surface area (Å²) in [4.78, 5) is 27.1. The first kappa shape index (κ1) is 19.5. The van der Waals surface area contributed by atoms with Crippen LogP contribution in [0.2, 0.25) is 0 Å². The smallest absolute Gasteiger partial charge is 0.344 e. The Balaban J connectivity index is 1.63. The summed E-state index contributed by atoms with van der Waals surface area (Å²) < 4.78 is 39.4. The number of halogens is 3. The van der Waals surface area contributed by atoms with Gasteiger partial charge in [0, 0.05) is 25.2 Å². The van der Waals surface area contributed by atoms with Crippen molar-refractivity contribution in [2.24, 2.45) is 5.92 Å². The molecule has 4 nitrogen and oxygen atoms in total. The molecule has 2 fully saturated rings. The van der Waals surface area contributed by atoms with Gasteiger partial charge in [-0.25, -0.2) is 0 Å². The predicted octanol–water partition coefficient (Wildman–Crippen LogP) is 4.39. The molecule has 2 aromatic rings. The Hall–Kier alpha value is -2.83. The molecule has 0 unspecified atom stereocenters. The van der Waals surface area contributed by atoms with Crippen molar-refractivity contribution in [3.8, 4) is 0 Å². The molecule has 0 spiro atoms. The van der Waals surface area contributed by atoms with Crippen molar-refractivity contribution in [2.45, 2.75) is 30.9 Å². The number of anilines is 1. The van der Waals surface area contributed by atoms with E-state index in [2.05, 4.69) is 5.32 Å². The zero-order valence-corrected chi connectivity index (χ0v) is 15.9. The molecule has 1 saturated carbocycles. The topological polar surface area (TPSA) is 49.4 Å². The van der Waals surface area contributed by atoms with Crippen LogP contribution in [-0.2, 0) is 15.8 Å². The van der Waals surface area contributed by atoms with Gasteiger partial charge in [-0.1, -0.05) is 36.4 Å². The third-order valence-electron chi connectivity index (χ3n) is 5.68. The fourth-order valence-corrected chi connectivity index (χ4v) is 4.01. The van der Waals surface area contributed by atoms with E-state index in [4.69, 9.17) is 0 Å². The van der Waals surface area contributed by atoms with Gasteiger partial charge < -0.3 is 10.2 Å². The molecule has 7 heteroatoms. The molecule has 1 aliphatic heterocycles. The lowest BCUT2D eigenvalue weighted by molar-refractivity contribution is -0.137. The summed E-state index contributed by atoms with van der Waals surface area (Å²) in [6.07, 6.45) is -2.36. The van der Waals surface area contributed by atoms with E-state index in [9.17, 15) is 22.8 Å². The number of hydrogen-bond donors (Lipinski definition) is 1. The van der Waals surface area contributed by atoms with Crippen molar-refractivity contribution in [1.82, 2.24) is 4.90 Å². The van der Waals surface area contributed by atoms with Crippen molar-refractivity contribution < 1.29 is 22.8 Å². The van der Waals surface area contributed by atoms with E-state index in [1.54, 1.807) is 19.2 Å². The number of nitrogens with one attached hydrogen (secondary N) is 1. The largest absolute Gasteiger partial charge is 0.416 e. The number of likely N-dealkylation sites (N-methyl/N-ethyl adjacent to an activating group) is 1. The minimum atomic E-state index is -4.48. The second-order valence-electron chi connectivity index (χ2n) is 7.78. The number of carbonyl (C=O) groups excluding carboxylic acids is 2. The van der Waals surface area contributed by atoms with Gasteiger partial charge in [-0.2, -0.15) is 13.2 Å². The summed E-state index contributed by atoms with van der Waals surface area (Å²) in [6.45, 7) is 0.197. The first-order chi connectivity index (χ1) is 13.8. The molecule has 0 radical (unpaired) electrons. The lowest BCUT2D eigenvalue weighted by Gasteiger charge is -2.19. The molecule has 1 saturated heterocycles. The second-order valence-corrected chi connectivity index (χ2v) is 7.78. The number of benzene rings is 2. The van der Waals surface area contributed by atoms with Crippen LogP contribution in [0.15, 0.2) is 48.5 Å². The van der Waals surface area contributed by atoms with Crippen LogP contribution in [-0.4, -0.2) is 30.3 Å². The van der Waals surface area contributed by atoms with Gasteiger partial charge in [0.15, 0.2) is 0 Å². The summed E-state index contributed by atoms with van der Waals surface area (Å²) in [5.41, 5.74) is 1.27. The Morgan fingerprint density at radius 3 is 2.52 bits per heavy atom. The quantitative estimate of drug-likeness (QED) is 0.771. The molecule has 152 valence electrons. The Morgan fingerprint density at radius 1 is 1.10 bits per heavy atom. The predicted molar refractivity (Wildman–Crippen MR) is 102 cm³/mol. The van der Waals surface area contributed by atoms with Crippen molar-refractivity contribution in [1.29, 1.82) is 0 Å². The van der Waals surface area contributed by atoms with Gasteiger partial charge in [0.25, 0.3) is 0 Å². The number of rotatable bonds is 4. The Bertz CT molecular complexity index is 953. The molecule has 2 atom stereocenters. The average Bonchev–Trinajstić information content (AvgIpc) is 3.47. The lowest BCUT2D eigenvalue weighted by atomic mass is 9.87. The maximum atomic E-state index is 13.1. The first-order valence-corrected chi connectivity index (χ1v) is 9.57. The first-order valence-electron chi connectivity index (χ1n) is 9.57. The minimum absolute atomic E-state index is 0.197. The van der Waals surface area contributed by atoms with Crippen LogP contribution in [0.1, 0.15) is 41.4 Å². The number of carbonyl (C=O) groups is 2. The molecule has 2 amide bonds. The molecule has 4 rings (SSSR count). The molecule has 1 aliphatic carbocycles. The standard InChI is InChI=1S/C22H21F3N2O2/c1-27-12-17(14-5-4-6-15(11-14)22(23,24)25)19(21(27)29)20(28)26-18-8-3-2-7-16(18)13-9-10-13/h2-8,11,13,17,19H,9-10,12H2,1H3,(H,26,28)/t17-,19+/m1/s1. The Morgan fingerprint density at radius 2 is 1.83 bits per heavy atom. The van der Waals surface area contributed by atoms with Gasteiger partial charge in [0.05, 0.1) is 5.56 Å². The summed E-state index contributed by atoms with van der Waals surface area (Å²) >= 11 is 0. The molecule has 0 bridgehead atoms. The second kappa shape index (κ2) is 7.21. The third kappa shape index (κ3) is 3.86. The maximum Gasteiger partial charge on any atom is 0.416 e. The van der Waals surface area contributed by atoms with Gasteiger partial charge >= 0.3 is 6.18 Å². The van der Waals surface area contributed by atoms with E-state index in [1.165, 1.54) is 11.0 Å². The Kier molecular flexibility index (Phi) is 4.84. The molecule has 1 heterocycles. The van der Waals surface area contributed by atoms with E-state index in [0.29, 0.717) is 17.2 Å². The molecule has 1 N–H and O–H groups in total. The van der Waals surface area contributed by atoms with Gasteiger partial charge in [0.2, 0.25) is 11.8 Å². The van der Waals surface area contributed by atoms with E-state index in [0.717, 1.165) is 30.5 Å². The van der Waals surface area contributed by atoms with Crippen LogP contribution in [0, 0.1) is 5.92 Å². The van der Waals surface area contributed by atoms with Crippen molar-refractivity contribution >= 4 is 17.5 Å². The highest BCUT2D eigenvalue weighted by atomic mass is 19.4. The molecule has 29 heavy (non-hydrogen) atoms. The van der Waals surface area contributed by atoms with E-state index in [1.807, 2.05) is 18.2 Å². The fraction of sp³-hybridized carbons (Fsp3) is 0.364. The number of para-hydroxylation sites is 1. The minimum Gasteiger partial charge on any atom is -0.344 e. The van der Waals surface area contributed by atoms with E-state index < -0.39 is 29.5 Å². The van der Waals surface area contributed by atoms with E-state index in [-0.39, 0.29) is 12.5 Å². The maximum absolute atomic E-state index is 13.1. The fourth-order valence-electron chi connectivity index (χ4n) is 4.01. The van der Waals surface area contributed by atoms with Gasteiger partial charge in [-0.15, -0.1) is 0 Å². The monoisotopic (exact) mass is 402 g/mol. The molecular weight excluding hydrogens is 381 g/mol. The van der Waals surface area contributed by atoms with Crippen LogP contribution >= 0.6 is 0 Å². The number of hydrogen-bond acceptors (Lipinski definition) is 2. The summed E-state index contributed by atoms with van der Waals surface area (Å²) in [6, 6.07) is 12.4. The number of amides is 2. The highest BCUT2D eigenvalue weighted by Gasteiger charge is 2.45. The van der Waals surface area contributed by atoms with Crippen molar-refractivity contribution in [2.75, 3.05) is 18.9 Å². The van der Waals surface area contributed by atoms with Crippen LogP contribution in [0.5, 0.6) is 0 Å². The molecule has 2 aliphatic rings. The van der Waals surface area contributed by atoms with Crippen LogP contribution < -0.4 is 5.32 Å².